The molecule has 1 aromatic carbocycles. The Morgan fingerprint density at radius 3 is 2.78 bits per heavy atom. The Labute approximate surface area is 193 Å². The van der Waals surface area contributed by atoms with Crippen LogP contribution in [0.5, 0.6) is 0 Å². The molecule has 0 spiro atoms. The Bertz CT molecular complexity index is 1110. The highest BCUT2D eigenvalue weighted by Gasteiger charge is 2.22. The van der Waals surface area contributed by atoms with Gasteiger partial charge in [-0.25, -0.2) is 4.98 Å². The second-order valence-corrected chi connectivity index (χ2v) is 9.86. The van der Waals surface area contributed by atoms with Gasteiger partial charge < -0.3 is 14.8 Å². The van der Waals surface area contributed by atoms with Crippen LogP contribution < -0.4 is 10.5 Å². The van der Waals surface area contributed by atoms with Gasteiger partial charge in [-0.1, -0.05) is 49.3 Å². The lowest BCUT2D eigenvalue weighted by Gasteiger charge is -2.32. The molecule has 3 heterocycles. The number of anilines is 1. The van der Waals surface area contributed by atoms with Crippen molar-refractivity contribution in [2.75, 3.05) is 38.1 Å². The molecule has 2 aromatic heterocycles. The molecule has 0 saturated carbocycles. The number of aromatic nitrogens is 2. The van der Waals surface area contributed by atoms with Crippen molar-refractivity contribution in [1.82, 2.24) is 14.9 Å². The van der Waals surface area contributed by atoms with Crippen LogP contribution in [0.1, 0.15) is 47.8 Å². The number of nitrogens with one attached hydrogen (secondary N) is 1. The first-order valence-electron chi connectivity index (χ1n) is 11.6. The van der Waals surface area contributed by atoms with E-state index >= 15 is 0 Å². The molecule has 3 aromatic rings. The van der Waals surface area contributed by atoms with Crippen molar-refractivity contribution in [3.05, 3.63) is 57.3 Å². The molecule has 1 saturated heterocycles. The quantitative estimate of drug-likeness (QED) is 0.489. The lowest BCUT2D eigenvalue weighted by Crippen LogP contribution is -2.44. The standard InChI is InChI=1S/C25H32N4O2S/c1-3-4-7-18(14-20-16-19-8-5-6-9-21(19)27-24(20)31)15-22(30)23-17-26-25(32-23)29-12-10-28(2)11-13-29/h5-6,8-9,16-18H,3-4,7,10-15H2,1-2H3,(H,27,31). The summed E-state index contributed by atoms with van der Waals surface area (Å²) in [6.45, 7) is 6.08. The van der Waals surface area contributed by atoms with Crippen molar-refractivity contribution < 1.29 is 4.79 Å². The van der Waals surface area contributed by atoms with Gasteiger partial charge in [0.05, 0.1) is 11.1 Å². The van der Waals surface area contributed by atoms with Crippen molar-refractivity contribution in [3.63, 3.8) is 0 Å². The third kappa shape index (κ3) is 5.45. The van der Waals surface area contributed by atoms with Gasteiger partial charge in [-0.3, -0.25) is 9.59 Å². The van der Waals surface area contributed by atoms with Crippen LogP contribution >= 0.6 is 11.3 Å². The first-order chi connectivity index (χ1) is 15.5. The molecule has 170 valence electrons. The molecule has 0 aliphatic carbocycles. The molecule has 1 fully saturated rings. The molecule has 7 heteroatoms. The van der Waals surface area contributed by atoms with Gasteiger partial charge in [0, 0.05) is 43.7 Å². The highest BCUT2D eigenvalue weighted by atomic mass is 32.1. The van der Waals surface area contributed by atoms with Gasteiger partial charge in [0.1, 0.15) is 0 Å². The maximum absolute atomic E-state index is 13.1. The van der Waals surface area contributed by atoms with E-state index in [1.54, 1.807) is 6.20 Å². The van der Waals surface area contributed by atoms with Gasteiger partial charge in [-0.15, -0.1) is 0 Å². The van der Waals surface area contributed by atoms with Crippen LogP contribution in [0.4, 0.5) is 5.13 Å². The van der Waals surface area contributed by atoms with E-state index in [0.717, 1.165) is 71.9 Å². The summed E-state index contributed by atoms with van der Waals surface area (Å²) in [6.07, 6.45) is 5.89. The SMILES string of the molecule is CCCCC(CC(=O)c1cnc(N2CCN(C)CC2)s1)Cc1cc2ccccc2[nH]c1=O. The minimum Gasteiger partial charge on any atom is -0.346 e. The van der Waals surface area contributed by atoms with Crippen molar-refractivity contribution in [1.29, 1.82) is 0 Å². The number of Topliss-reactive ketones (excluding diaryl/α,β-unsaturated/α-hetero) is 1. The van der Waals surface area contributed by atoms with Gasteiger partial charge in [0.15, 0.2) is 10.9 Å². The number of ketones is 1. The number of likely N-dealkylation sites (N-methyl/N-ethyl adjacent to an activating group) is 1. The molecule has 1 unspecified atom stereocenters. The number of pyridine rings is 1. The smallest absolute Gasteiger partial charge is 0.251 e. The van der Waals surface area contributed by atoms with Crippen LogP contribution in [0.2, 0.25) is 0 Å². The Balaban J connectivity index is 1.46. The molecule has 6 nitrogen and oxygen atoms in total. The van der Waals surface area contributed by atoms with Crippen molar-refractivity contribution in [2.45, 2.75) is 39.0 Å². The third-order valence-corrected chi connectivity index (χ3v) is 7.42. The first kappa shape index (κ1) is 22.7. The van der Waals surface area contributed by atoms with Crippen LogP contribution in [0, 0.1) is 5.92 Å². The lowest BCUT2D eigenvalue weighted by atomic mass is 9.89. The molecule has 1 atom stereocenters. The number of unbranched alkanes of at least 4 members (excludes halogenated alkanes) is 1. The predicted molar refractivity (Wildman–Crippen MR) is 132 cm³/mol. The molecule has 0 radical (unpaired) electrons. The van der Waals surface area contributed by atoms with E-state index in [1.807, 2.05) is 30.3 Å². The summed E-state index contributed by atoms with van der Waals surface area (Å²) in [5.74, 6) is 0.292. The zero-order valence-electron chi connectivity index (χ0n) is 19.0. The summed E-state index contributed by atoms with van der Waals surface area (Å²) in [7, 11) is 2.13. The maximum atomic E-state index is 13.1. The van der Waals surface area contributed by atoms with E-state index in [1.165, 1.54) is 11.3 Å². The Morgan fingerprint density at radius 1 is 1.22 bits per heavy atom. The van der Waals surface area contributed by atoms with Crippen molar-refractivity contribution in [3.8, 4) is 0 Å². The molecule has 1 N–H and O–H groups in total. The van der Waals surface area contributed by atoms with Crippen LogP contribution in [-0.4, -0.2) is 53.9 Å². The zero-order valence-corrected chi connectivity index (χ0v) is 19.8. The maximum Gasteiger partial charge on any atom is 0.251 e. The summed E-state index contributed by atoms with van der Waals surface area (Å²) in [5, 5.41) is 1.97. The summed E-state index contributed by atoms with van der Waals surface area (Å²) in [4.78, 5) is 38.6. The molecule has 1 aliphatic heterocycles. The Morgan fingerprint density at radius 2 is 2.00 bits per heavy atom. The highest BCUT2D eigenvalue weighted by Crippen LogP contribution is 2.27. The number of benzene rings is 1. The molecular weight excluding hydrogens is 420 g/mol. The molecular formula is C25H32N4O2S. The number of carbonyl (C=O) groups is 1. The van der Waals surface area contributed by atoms with Crippen LogP contribution in [0.3, 0.4) is 0 Å². The topological polar surface area (TPSA) is 69.3 Å². The lowest BCUT2D eigenvalue weighted by molar-refractivity contribution is 0.0962. The van der Waals surface area contributed by atoms with Gasteiger partial charge in [-0.2, -0.15) is 0 Å². The normalized spacial score (nSPS) is 15.9. The summed E-state index contributed by atoms with van der Waals surface area (Å²) >= 11 is 1.50. The number of carbonyl (C=O) groups excluding carboxylic acids is 1. The fourth-order valence-corrected chi connectivity index (χ4v) is 5.24. The van der Waals surface area contributed by atoms with E-state index in [9.17, 15) is 9.59 Å². The molecule has 0 bridgehead atoms. The number of para-hydroxylation sites is 1. The number of thiazole rings is 1. The van der Waals surface area contributed by atoms with E-state index < -0.39 is 0 Å². The van der Waals surface area contributed by atoms with Crippen molar-refractivity contribution >= 4 is 33.2 Å². The van der Waals surface area contributed by atoms with Gasteiger partial charge in [-0.05, 0) is 43.3 Å². The Hall–Kier alpha value is -2.51. The Kier molecular flexibility index (Phi) is 7.37. The van der Waals surface area contributed by atoms with E-state index in [2.05, 4.69) is 33.7 Å². The van der Waals surface area contributed by atoms with E-state index in [0.29, 0.717) is 12.8 Å². The fraction of sp³-hybridized carbons (Fsp3) is 0.480. The minimum atomic E-state index is -0.0483. The summed E-state index contributed by atoms with van der Waals surface area (Å²) in [5.41, 5.74) is 1.57. The molecule has 1 aliphatic rings. The number of fused-ring (bicyclic) bond motifs is 1. The number of piperazine rings is 1. The van der Waals surface area contributed by atoms with E-state index in [-0.39, 0.29) is 17.3 Å². The molecule has 4 rings (SSSR count). The molecule has 32 heavy (non-hydrogen) atoms. The average Bonchev–Trinajstić information content (AvgIpc) is 3.29. The highest BCUT2D eigenvalue weighted by molar-refractivity contribution is 7.17. The largest absolute Gasteiger partial charge is 0.346 e. The first-order valence-corrected chi connectivity index (χ1v) is 12.4. The number of hydrogen-bond donors (Lipinski definition) is 1. The predicted octanol–water partition coefficient (Wildman–Crippen LogP) is 4.36. The summed E-state index contributed by atoms with van der Waals surface area (Å²) in [6, 6.07) is 9.81. The third-order valence-electron chi connectivity index (χ3n) is 6.32. The van der Waals surface area contributed by atoms with Crippen LogP contribution in [-0.2, 0) is 6.42 Å². The monoisotopic (exact) mass is 452 g/mol. The summed E-state index contributed by atoms with van der Waals surface area (Å²) < 4.78 is 0. The number of aromatic amines is 1. The van der Waals surface area contributed by atoms with Crippen LogP contribution in [0.25, 0.3) is 10.9 Å². The minimum absolute atomic E-state index is 0.0483. The van der Waals surface area contributed by atoms with Crippen molar-refractivity contribution in [2.24, 2.45) is 5.92 Å². The number of nitrogens with zero attached hydrogens (tertiary/aromatic N) is 3. The van der Waals surface area contributed by atoms with Gasteiger partial charge in [0.25, 0.3) is 5.56 Å². The number of rotatable bonds is 9. The second-order valence-electron chi connectivity index (χ2n) is 8.85. The zero-order chi connectivity index (χ0) is 22.5. The van der Waals surface area contributed by atoms with Gasteiger partial charge >= 0.3 is 0 Å². The average molecular weight is 453 g/mol. The number of H-pyrrole nitrogens is 1. The second kappa shape index (κ2) is 10.4. The number of hydrogen-bond acceptors (Lipinski definition) is 6. The van der Waals surface area contributed by atoms with Crippen LogP contribution in [0.15, 0.2) is 41.3 Å². The van der Waals surface area contributed by atoms with E-state index in [4.69, 9.17) is 0 Å². The molecule has 0 amide bonds. The van der Waals surface area contributed by atoms with Gasteiger partial charge in [0.2, 0.25) is 0 Å². The fourth-order valence-electron chi connectivity index (χ4n) is 4.32.